The molecule has 6 N–H and O–H groups in total. The molecule has 0 aliphatic rings. The minimum absolute atomic E-state index is 0.0568. The Morgan fingerprint density at radius 2 is 1.60 bits per heavy atom. The van der Waals surface area contributed by atoms with Gasteiger partial charge in [0.05, 0.1) is 22.4 Å². The van der Waals surface area contributed by atoms with Gasteiger partial charge in [-0.25, -0.2) is 4.98 Å². The Morgan fingerprint density at radius 3 is 2.20 bits per heavy atom. The summed E-state index contributed by atoms with van der Waals surface area (Å²) < 4.78 is 0. The summed E-state index contributed by atoms with van der Waals surface area (Å²) in [7, 11) is 0. The first-order valence-electron chi connectivity index (χ1n) is 11.3. The molecule has 0 aliphatic heterocycles. The maximum Gasteiger partial charge on any atom is 0.252 e. The van der Waals surface area contributed by atoms with Crippen molar-refractivity contribution in [3.63, 3.8) is 0 Å². The van der Waals surface area contributed by atoms with Gasteiger partial charge < -0.3 is 22.1 Å². The van der Waals surface area contributed by atoms with Crippen LogP contribution in [0.1, 0.15) is 29.6 Å². The monoisotopic (exact) mass is 470 g/mol. The van der Waals surface area contributed by atoms with Gasteiger partial charge >= 0.3 is 0 Å². The second-order valence-corrected chi connectivity index (χ2v) is 8.18. The number of benzene rings is 3. The number of carbonyl (C=O) groups is 2. The van der Waals surface area contributed by atoms with Crippen LogP contribution in [0.2, 0.25) is 0 Å². The fourth-order valence-corrected chi connectivity index (χ4v) is 3.98. The first kappa shape index (κ1) is 23.8. The number of aromatic nitrogens is 1. The van der Waals surface area contributed by atoms with E-state index in [0.29, 0.717) is 25.1 Å². The molecular formula is C26H26N6O3. The Labute approximate surface area is 201 Å². The number of unbranched alkanes of at least 4 members (excludes halogenated alkanes) is 1. The van der Waals surface area contributed by atoms with Crippen molar-refractivity contribution < 1.29 is 9.59 Å². The summed E-state index contributed by atoms with van der Waals surface area (Å²) >= 11 is 0. The molecule has 0 radical (unpaired) electrons. The number of primary amides is 1. The lowest BCUT2D eigenvalue weighted by molar-refractivity contribution is -0.120. The average Bonchev–Trinajstić information content (AvgIpc) is 2.88. The molecule has 1 heterocycles. The predicted molar refractivity (Wildman–Crippen MR) is 138 cm³/mol. The fraction of sp³-hybridized carbons (Fsp3) is 0.192. The molecule has 1 atom stereocenters. The zero-order valence-electron chi connectivity index (χ0n) is 19.0. The molecule has 178 valence electrons. The number of nitrogens with zero attached hydrogens (tertiary/aromatic N) is 2. The van der Waals surface area contributed by atoms with Crippen LogP contribution in [-0.2, 0) is 4.79 Å². The van der Waals surface area contributed by atoms with Gasteiger partial charge in [-0.3, -0.25) is 9.59 Å². The number of pyridine rings is 1. The van der Waals surface area contributed by atoms with Crippen LogP contribution in [0, 0.1) is 4.91 Å². The van der Waals surface area contributed by atoms with Crippen molar-refractivity contribution in [2.75, 3.05) is 11.9 Å². The number of hydrogen-bond acceptors (Lipinski definition) is 7. The maximum atomic E-state index is 12.8. The van der Waals surface area contributed by atoms with Crippen LogP contribution < -0.4 is 22.1 Å². The third-order valence-corrected chi connectivity index (χ3v) is 5.80. The summed E-state index contributed by atoms with van der Waals surface area (Å²) in [6.45, 7) is 0.490. The highest BCUT2D eigenvalue weighted by atomic mass is 16.3. The molecule has 9 nitrogen and oxygen atoms in total. The van der Waals surface area contributed by atoms with Crippen molar-refractivity contribution in [2.45, 2.75) is 25.3 Å². The number of para-hydroxylation sites is 2. The van der Waals surface area contributed by atoms with Crippen molar-refractivity contribution >= 4 is 50.7 Å². The number of nitrogens with two attached hydrogens (primary N) is 2. The molecule has 1 unspecified atom stereocenters. The highest BCUT2D eigenvalue weighted by Gasteiger charge is 2.20. The Kier molecular flexibility index (Phi) is 7.27. The van der Waals surface area contributed by atoms with Gasteiger partial charge in [0, 0.05) is 16.3 Å². The van der Waals surface area contributed by atoms with E-state index < -0.39 is 17.9 Å². The summed E-state index contributed by atoms with van der Waals surface area (Å²) in [6, 6.07) is 19.1. The van der Waals surface area contributed by atoms with Gasteiger partial charge in [0.2, 0.25) is 5.91 Å². The maximum absolute atomic E-state index is 12.8. The number of hydrogen-bond donors (Lipinski definition) is 4. The number of amides is 2. The van der Waals surface area contributed by atoms with Crippen molar-refractivity contribution in [3.05, 3.63) is 77.2 Å². The average molecular weight is 471 g/mol. The molecule has 9 heteroatoms. The second kappa shape index (κ2) is 10.7. The fourth-order valence-electron chi connectivity index (χ4n) is 3.98. The lowest BCUT2D eigenvalue weighted by Gasteiger charge is -2.17. The van der Waals surface area contributed by atoms with Gasteiger partial charge in [0.25, 0.3) is 5.91 Å². The summed E-state index contributed by atoms with van der Waals surface area (Å²) in [5, 5.41) is 10.8. The van der Waals surface area contributed by atoms with E-state index in [1.165, 1.54) is 6.07 Å². The van der Waals surface area contributed by atoms with Crippen molar-refractivity contribution in [3.8, 4) is 0 Å². The van der Waals surface area contributed by atoms with Crippen LogP contribution in [-0.4, -0.2) is 29.4 Å². The smallest absolute Gasteiger partial charge is 0.252 e. The molecule has 0 saturated heterocycles. The summed E-state index contributed by atoms with van der Waals surface area (Å²) in [6.07, 6.45) is 1.76. The van der Waals surface area contributed by atoms with E-state index in [-0.39, 0.29) is 11.3 Å². The topological polar surface area (TPSA) is 153 Å². The van der Waals surface area contributed by atoms with Crippen LogP contribution in [0.5, 0.6) is 0 Å². The highest BCUT2D eigenvalue weighted by Crippen LogP contribution is 2.36. The van der Waals surface area contributed by atoms with E-state index in [2.05, 4.69) is 15.8 Å². The number of carbonyl (C=O) groups excluding carboxylic acids is 2. The van der Waals surface area contributed by atoms with Crippen LogP contribution in [0.15, 0.2) is 71.9 Å². The van der Waals surface area contributed by atoms with E-state index in [4.69, 9.17) is 16.5 Å². The predicted octanol–water partition coefficient (Wildman–Crippen LogP) is 4.24. The van der Waals surface area contributed by atoms with E-state index in [9.17, 15) is 14.5 Å². The van der Waals surface area contributed by atoms with Crippen LogP contribution >= 0.6 is 0 Å². The van der Waals surface area contributed by atoms with Crippen molar-refractivity contribution in [1.29, 1.82) is 0 Å². The molecule has 0 spiro atoms. The minimum Gasteiger partial charge on any atom is -0.368 e. The van der Waals surface area contributed by atoms with Crippen LogP contribution in [0.25, 0.3) is 21.8 Å². The Hall–Kier alpha value is -4.37. The molecule has 0 saturated carbocycles. The van der Waals surface area contributed by atoms with E-state index in [0.717, 1.165) is 33.9 Å². The van der Waals surface area contributed by atoms with Crippen LogP contribution in [0.3, 0.4) is 0 Å². The molecule has 0 bridgehead atoms. The zero-order valence-corrected chi connectivity index (χ0v) is 19.0. The lowest BCUT2D eigenvalue weighted by atomic mass is 10.1. The van der Waals surface area contributed by atoms with Gasteiger partial charge in [0.1, 0.15) is 11.7 Å². The minimum atomic E-state index is -0.825. The second-order valence-electron chi connectivity index (χ2n) is 8.18. The lowest BCUT2D eigenvalue weighted by Crippen LogP contribution is -2.44. The Bertz CT molecular complexity index is 1350. The molecule has 0 fully saturated rings. The van der Waals surface area contributed by atoms with Gasteiger partial charge in [-0.1, -0.05) is 36.4 Å². The number of fused-ring (bicyclic) bond motifs is 2. The molecule has 3 aromatic carbocycles. The third kappa shape index (κ3) is 5.25. The van der Waals surface area contributed by atoms with Gasteiger partial charge in [0.15, 0.2) is 0 Å². The first-order chi connectivity index (χ1) is 17.0. The number of nitroso groups, excluding NO2 is 1. The molecule has 0 aliphatic carbocycles. The van der Waals surface area contributed by atoms with E-state index >= 15 is 0 Å². The van der Waals surface area contributed by atoms with Crippen LogP contribution in [0.4, 0.5) is 17.1 Å². The first-order valence-corrected chi connectivity index (χ1v) is 11.3. The third-order valence-electron chi connectivity index (χ3n) is 5.80. The zero-order chi connectivity index (χ0) is 24.8. The number of nitrogens with one attached hydrogen (secondary N) is 2. The van der Waals surface area contributed by atoms with Gasteiger partial charge in [-0.05, 0) is 61.3 Å². The molecular weight excluding hydrogens is 444 g/mol. The normalized spacial score (nSPS) is 11.8. The molecule has 2 amide bonds. The van der Waals surface area contributed by atoms with E-state index in [1.54, 1.807) is 12.1 Å². The summed E-state index contributed by atoms with van der Waals surface area (Å²) in [4.78, 5) is 40.9. The molecule has 1 aromatic heterocycles. The number of anilines is 2. The molecule has 35 heavy (non-hydrogen) atoms. The Balaban J connectivity index is 1.64. The van der Waals surface area contributed by atoms with Crippen molar-refractivity contribution in [2.24, 2.45) is 16.6 Å². The van der Waals surface area contributed by atoms with Crippen molar-refractivity contribution in [1.82, 2.24) is 10.3 Å². The van der Waals surface area contributed by atoms with Gasteiger partial charge in [-0.2, -0.15) is 0 Å². The SMILES string of the molecule is NCCCCC(NC(=O)c1ccc(Nc2c3ccccc3nc3ccccc23)c(N=O)c1)C(N)=O. The number of rotatable bonds is 10. The quantitative estimate of drug-likeness (QED) is 0.154. The Morgan fingerprint density at radius 1 is 0.943 bits per heavy atom. The molecule has 4 rings (SSSR count). The molecule has 4 aromatic rings. The standard InChI is InChI=1S/C26H26N6O3/c27-14-6-5-11-22(25(28)33)31-26(34)16-12-13-21(23(15-16)32-35)30-24-17-7-1-3-9-19(17)29-20-10-4-2-8-18(20)24/h1-4,7-10,12-13,15,22H,5-6,11,14,27H2,(H2,28,33)(H,29,30)(H,31,34). The van der Waals surface area contributed by atoms with Gasteiger partial charge in [-0.15, -0.1) is 4.91 Å². The summed E-state index contributed by atoms with van der Waals surface area (Å²) in [5.74, 6) is -1.14. The highest BCUT2D eigenvalue weighted by molar-refractivity contribution is 6.09. The largest absolute Gasteiger partial charge is 0.368 e. The summed E-state index contributed by atoms with van der Waals surface area (Å²) in [5.41, 5.74) is 14.0. The van der Waals surface area contributed by atoms with E-state index in [1.807, 2.05) is 48.5 Å².